The fourth-order valence-corrected chi connectivity index (χ4v) is 1.26. The lowest BCUT2D eigenvalue weighted by Gasteiger charge is -2.20. The minimum Gasteiger partial charge on any atom is -0.478 e. The number of alkyl halides is 2. The van der Waals surface area contributed by atoms with Crippen molar-refractivity contribution in [1.82, 2.24) is 4.98 Å². The molecule has 1 aromatic heterocycles. The molecule has 0 unspecified atom stereocenters. The third-order valence-electron chi connectivity index (χ3n) is 1.99. The Hall–Kier alpha value is -2.05. The van der Waals surface area contributed by atoms with Crippen molar-refractivity contribution >= 4 is 11.9 Å². The second-order valence-corrected chi connectivity index (χ2v) is 4.76. The molecular formula is C12H13F2NO4. The molecule has 1 heterocycles. The number of carbonyl (C=O) groups excluding carboxylic acids is 1. The van der Waals surface area contributed by atoms with E-state index in [0.29, 0.717) is 0 Å². The van der Waals surface area contributed by atoms with Crippen LogP contribution in [0.3, 0.4) is 0 Å². The molecule has 0 radical (unpaired) electrons. The number of carbonyl (C=O) groups is 2. The molecule has 104 valence electrons. The molecule has 0 aliphatic rings. The van der Waals surface area contributed by atoms with E-state index in [1.807, 2.05) is 0 Å². The number of halogens is 2. The molecule has 0 aliphatic carbocycles. The molecule has 5 nitrogen and oxygen atoms in total. The van der Waals surface area contributed by atoms with Crippen LogP contribution in [0.2, 0.25) is 0 Å². The van der Waals surface area contributed by atoms with Crippen LogP contribution in [-0.2, 0) is 4.74 Å². The maximum absolute atomic E-state index is 12.7. The molecule has 1 N–H and O–H groups in total. The van der Waals surface area contributed by atoms with E-state index in [1.54, 1.807) is 20.8 Å². The van der Waals surface area contributed by atoms with Gasteiger partial charge in [-0.2, -0.15) is 0 Å². The van der Waals surface area contributed by atoms with Gasteiger partial charge < -0.3 is 9.84 Å². The molecule has 0 amide bonds. The highest BCUT2D eigenvalue weighted by Crippen LogP contribution is 2.23. The van der Waals surface area contributed by atoms with Crippen molar-refractivity contribution in [3.8, 4) is 0 Å². The number of carboxylic acids is 1. The van der Waals surface area contributed by atoms with Crippen molar-refractivity contribution in [2.45, 2.75) is 32.8 Å². The van der Waals surface area contributed by atoms with Crippen LogP contribution >= 0.6 is 0 Å². The van der Waals surface area contributed by atoms with Crippen molar-refractivity contribution in [2.24, 2.45) is 0 Å². The Bertz CT molecular complexity index is 509. The number of pyridine rings is 1. The molecule has 0 fully saturated rings. The summed E-state index contributed by atoms with van der Waals surface area (Å²) in [6.45, 7) is 4.71. The van der Waals surface area contributed by atoms with Gasteiger partial charge in [0.25, 0.3) is 6.43 Å². The lowest BCUT2D eigenvalue weighted by molar-refractivity contribution is 0.00607. The van der Waals surface area contributed by atoms with Crippen molar-refractivity contribution in [1.29, 1.82) is 0 Å². The van der Waals surface area contributed by atoms with Gasteiger partial charge in [-0.1, -0.05) is 0 Å². The minimum atomic E-state index is -3.00. The largest absolute Gasteiger partial charge is 0.478 e. The zero-order valence-electron chi connectivity index (χ0n) is 10.6. The van der Waals surface area contributed by atoms with Crippen molar-refractivity contribution < 1.29 is 28.2 Å². The van der Waals surface area contributed by atoms with Gasteiger partial charge in [-0.3, -0.25) is 4.98 Å². The Balaban J connectivity index is 3.25. The number of hydrogen-bond donors (Lipinski definition) is 1. The summed E-state index contributed by atoms with van der Waals surface area (Å²) < 4.78 is 30.4. The number of aromatic nitrogens is 1. The highest BCUT2D eigenvalue weighted by atomic mass is 19.3. The summed E-state index contributed by atoms with van der Waals surface area (Å²) in [5, 5.41) is 8.77. The fourth-order valence-electron chi connectivity index (χ4n) is 1.26. The topological polar surface area (TPSA) is 76.5 Å². The van der Waals surface area contributed by atoms with E-state index in [-0.39, 0.29) is 5.56 Å². The Morgan fingerprint density at radius 3 is 2.37 bits per heavy atom. The van der Waals surface area contributed by atoms with Crippen LogP contribution in [0.1, 0.15) is 53.6 Å². The number of ether oxygens (including phenoxy) is 1. The van der Waals surface area contributed by atoms with Gasteiger partial charge >= 0.3 is 11.9 Å². The van der Waals surface area contributed by atoms with Gasteiger partial charge in [0.15, 0.2) is 0 Å². The van der Waals surface area contributed by atoms with Gasteiger partial charge in [0.05, 0.1) is 11.1 Å². The smallest absolute Gasteiger partial charge is 0.340 e. The molecular weight excluding hydrogens is 260 g/mol. The number of hydrogen-bond acceptors (Lipinski definition) is 4. The average Bonchev–Trinajstić information content (AvgIpc) is 2.25. The molecule has 1 rings (SSSR count). The molecule has 0 aromatic carbocycles. The van der Waals surface area contributed by atoms with E-state index in [0.717, 1.165) is 12.3 Å². The Morgan fingerprint density at radius 2 is 1.95 bits per heavy atom. The lowest BCUT2D eigenvalue weighted by Crippen LogP contribution is -2.25. The third-order valence-corrected chi connectivity index (χ3v) is 1.99. The van der Waals surface area contributed by atoms with Gasteiger partial charge in [-0.15, -0.1) is 0 Å². The van der Waals surface area contributed by atoms with Crippen LogP contribution in [0.4, 0.5) is 8.78 Å². The summed E-state index contributed by atoms with van der Waals surface area (Å²) in [6.07, 6.45) is -2.22. The summed E-state index contributed by atoms with van der Waals surface area (Å²) in [6, 6.07) is 0.838. The van der Waals surface area contributed by atoms with E-state index in [4.69, 9.17) is 9.84 Å². The van der Waals surface area contributed by atoms with E-state index in [9.17, 15) is 18.4 Å². The van der Waals surface area contributed by atoms with Gasteiger partial charge in [-0.05, 0) is 26.8 Å². The van der Waals surface area contributed by atoms with E-state index >= 15 is 0 Å². The predicted molar refractivity (Wildman–Crippen MR) is 61.3 cm³/mol. The van der Waals surface area contributed by atoms with Crippen molar-refractivity contribution in [3.63, 3.8) is 0 Å². The molecule has 0 saturated heterocycles. The molecule has 0 spiro atoms. The summed E-state index contributed by atoms with van der Waals surface area (Å²) in [5.74, 6) is -2.39. The van der Waals surface area contributed by atoms with Gasteiger partial charge in [0.1, 0.15) is 11.3 Å². The SMILES string of the molecule is CC(C)(C)OC(=O)c1cc(C(=O)O)cnc1C(F)F. The number of esters is 1. The third kappa shape index (κ3) is 3.97. The van der Waals surface area contributed by atoms with Gasteiger partial charge in [0, 0.05) is 6.20 Å². The molecule has 19 heavy (non-hydrogen) atoms. The lowest BCUT2D eigenvalue weighted by atomic mass is 10.1. The molecule has 0 aliphatic heterocycles. The van der Waals surface area contributed by atoms with Gasteiger partial charge in [0.2, 0.25) is 0 Å². The molecule has 0 bridgehead atoms. The second-order valence-electron chi connectivity index (χ2n) is 4.76. The summed E-state index contributed by atoms with van der Waals surface area (Å²) >= 11 is 0. The first-order valence-corrected chi connectivity index (χ1v) is 5.36. The summed E-state index contributed by atoms with van der Waals surface area (Å²) in [7, 11) is 0. The van der Waals surface area contributed by atoms with Crippen LogP contribution < -0.4 is 0 Å². The van der Waals surface area contributed by atoms with Crippen LogP contribution in [0.15, 0.2) is 12.3 Å². The summed E-state index contributed by atoms with van der Waals surface area (Å²) in [5.41, 5.74) is -2.57. The van der Waals surface area contributed by atoms with Crippen LogP contribution in [0, 0.1) is 0 Å². The number of rotatable bonds is 3. The monoisotopic (exact) mass is 273 g/mol. The zero-order valence-corrected chi connectivity index (χ0v) is 10.6. The Labute approximate surface area is 108 Å². The van der Waals surface area contributed by atoms with E-state index in [1.165, 1.54) is 0 Å². The number of aromatic carboxylic acids is 1. The second kappa shape index (κ2) is 5.29. The number of nitrogens with zero attached hydrogens (tertiary/aromatic N) is 1. The van der Waals surface area contributed by atoms with E-state index in [2.05, 4.69) is 4.98 Å². The maximum atomic E-state index is 12.7. The molecule has 0 saturated carbocycles. The molecule has 1 aromatic rings. The van der Waals surface area contributed by atoms with Crippen LogP contribution in [0.25, 0.3) is 0 Å². The van der Waals surface area contributed by atoms with Crippen LogP contribution in [0.5, 0.6) is 0 Å². The molecule has 0 atom stereocenters. The van der Waals surface area contributed by atoms with E-state index < -0.39 is 35.2 Å². The van der Waals surface area contributed by atoms with Crippen molar-refractivity contribution in [2.75, 3.05) is 0 Å². The standard InChI is InChI=1S/C12H13F2NO4/c1-12(2,3)19-11(18)7-4-6(10(16)17)5-15-8(7)9(13)14/h4-5,9H,1-3H3,(H,16,17). The minimum absolute atomic E-state index is 0.356. The maximum Gasteiger partial charge on any atom is 0.340 e. The predicted octanol–water partition coefficient (Wildman–Crippen LogP) is 2.67. The highest BCUT2D eigenvalue weighted by Gasteiger charge is 2.26. The Kier molecular flexibility index (Phi) is 4.18. The first-order valence-electron chi connectivity index (χ1n) is 5.36. The normalized spacial score (nSPS) is 11.5. The summed E-state index contributed by atoms with van der Waals surface area (Å²) in [4.78, 5) is 25.9. The first-order chi connectivity index (χ1) is 8.61. The molecule has 7 heteroatoms. The average molecular weight is 273 g/mol. The Morgan fingerprint density at radius 1 is 1.37 bits per heavy atom. The fraction of sp³-hybridized carbons (Fsp3) is 0.417. The quantitative estimate of drug-likeness (QED) is 0.857. The highest BCUT2D eigenvalue weighted by molar-refractivity contribution is 5.95. The number of carboxylic acid groups (broad SMARTS) is 1. The van der Waals surface area contributed by atoms with Crippen LogP contribution in [-0.4, -0.2) is 27.6 Å². The zero-order chi connectivity index (χ0) is 14.8. The van der Waals surface area contributed by atoms with Gasteiger partial charge in [-0.25, -0.2) is 18.4 Å². The van der Waals surface area contributed by atoms with Crippen molar-refractivity contribution in [3.05, 3.63) is 29.1 Å². The first kappa shape index (κ1) is 15.0.